The topological polar surface area (TPSA) is 74.8 Å². The molecule has 0 aliphatic heterocycles. The summed E-state index contributed by atoms with van der Waals surface area (Å²) in [7, 11) is 0. The van der Waals surface area contributed by atoms with E-state index in [1.807, 2.05) is 6.07 Å². The van der Waals surface area contributed by atoms with Crippen molar-refractivity contribution >= 4 is 5.91 Å². The quantitative estimate of drug-likeness (QED) is 0.884. The Morgan fingerprint density at radius 3 is 2.80 bits per heavy atom. The molecule has 1 amide bonds. The van der Waals surface area contributed by atoms with Crippen molar-refractivity contribution < 1.29 is 4.79 Å². The highest BCUT2D eigenvalue weighted by molar-refractivity contribution is 5.94. The third-order valence-electron chi connectivity index (χ3n) is 3.34. The van der Waals surface area contributed by atoms with E-state index in [1.54, 1.807) is 30.5 Å². The van der Waals surface area contributed by atoms with Crippen LogP contribution in [-0.4, -0.2) is 22.4 Å². The molecule has 1 aliphatic rings. The average molecular weight is 269 g/mol. The molecule has 2 heterocycles. The van der Waals surface area contributed by atoms with E-state index in [-0.39, 0.29) is 17.0 Å². The highest BCUT2D eigenvalue weighted by Crippen LogP contribution is 2.27. The number of aromatic nitrogens is 2. The normalized spacial score (nSPS) is 14.0. The van der Waals surface area contributed by atoms with E-state index in [1.165, 1.54) is 0 Å². The lowest BCUT2D eigenvalue weighted by Gasteiger charge is -2.05. The van der Waals surface area contributed by atoms with Crippen LogP contribution in [0, 0.1) is 5.92 Å². The summed E-state index contributed by atoms with van der Waals surface area (Å²) < 4.78 is 0. The molecule has 0 saturated heterocycles. The molecule has 5 nitrogen and oxygen atoms in total. The van der Waals surface area contributed by atoms with E-state index >= 15 is 0 Å². The zero-order valence-electron chi connectivity index (χ0n) is 10.9. The molecule has 0 aromatic carbocycles. The highest BCUT2D eigenvalue weighted by atomic mass is 16.2. The van der Waals surface area contributed by atoms with Gasteiger partial charge in [0.2, 0.25) is 0 Å². The predicted molar refractivity (Wildman–Crippen MR) is 75.4 cm³/mol. The van der Waals surface area contributed by atoms with E-state index in [4.69, 9.17) is 0 Å². The van der Waals surface area contributed by atoms with Gasteiger partial charge in [0.25, 0.3) is 11.5 Å². The van der Waals surface area contributed by atoms with Gasteiger partial charge in [-0.15, -0.1) is 0 Å². The van der Waals surface area contributed by atoms with Gasteiger partial charge in [-0.05, 0) is 43.0 Å². The van der Waals surface area contributed by atoms with E-state index in [2.05, 4.69) is 15.3 Å². The van der Waals surface area contributed by atoms with E-state index < -0.39 is 0 Å². The van der Waals surface area contributed by atoms with Crippen LogP contribution in [-0.2, 0) is 0 Å². The second kappa shape index (κ2) is 5.28. The fourth-order valence-corrected chi connectivity index (χ4v) is 1.98. The lowest BCUT2D eigenvalue weighted by molar-refractivity contribution is 0.0950. The molecule has 1 saturated carbocycles. The molecule has 1 fully saturated rings. The standard InChI is InChI=1S/C15H15N3O2/c19-14(17-9-10-4-5-10)11-6-7-13(18-15(11)20)12-3-1-2-8-16-12/h1-3,6-8,10H,4-5,9H2,(H,17,19)(H,18,20). The van der Waals surface area contributed by atoms with E-state index in [0.29, 0.717) is 23.9 Å². The Labute approximate surface area is 116 Å². The molecule has 0 radical (unpaired) electrons. The van der Waals surface area contributed by atoms with Crippen LogP contribution in [0.15, 0.2) is 41.3 Å². The Bertz CT molecular complexity index is 675. The van der Waals surface area contributed by atoms with Gasteiger partial charge in [0.1, 0.15) is 5.56 Å². The zero-order valence-corrected chi connectivity index (χ0v) is 10.9. The van der Waals surface area contributed by atoms with Gasteiger partial charge in [0.05, 0.1) is 11.4 Å². The molecule has 2 N–H and O–H groups in total. The van der Waals surface area contributed by atoms with Crippen molar-refractivity contribution in [2.24, 2.45) is 5.92 Å². The summed E-state index contributed by atoms with van der Waals surface area (Å²) in [6.45, 7) is 0.653. The first-order valence-electron chi connectivity index (χ1n) is 6.67. The summed E-state index contributed by atoms with van der Waals surface area (Å²) in [5.41, 5.74) is 1.04. The lowest BCUT2D eigenvalue weighted by atomic mass is 10.2. The Morgan fingerprint density at radius 2 is 2.15 bits per heavy atom. The minimum atomic E-state index is -0.388. The molecule has 2 aromatic heterocycles. The number of amides is 1. The van der Waals surface area contributed by atoms with Crippen LogP contribution < -0.4 is 10.9 Å². The number of carbonyl (C=O) groups is 1. The summed E-state index contributed by atoms with van der Waals surface area (Å²) in [5.74, 6) is 0.275. The number of pyridine rings is 2. The SMILES string of the molecule is O=C(NCC1CC1)c1ccc(-c2ccccn2)[nH]c1=O. The van der Waals surface area contributed by atoms with Gasteiger partial charge in [-0.25, -0.2) is 0 Å². The number of hydrogen-bond donors (Lipinski definition) is 2. The summed E-state index contributed by atoms with van der Waals surface area (Å²) >= 11 is 0. The molecule has 5 heteroatoms. The van der Waals surface area contributed by atoms with Crippen molar-refractivity contribution in [3.05, 3.63) is 52.4 Å². The fraction of sp³-hybridized carbons (Fsp3) is 0.267. The molecule has 0 bridgehead atoms. The maximum absolute atomic E-state index is 12.0. The summed E-state index contributed by atoms with van der Waals surface area (Å²) in [5, 5.41) is 2.79. The number of hydrogen-bond acceptors (Lipinski definition) is 3. The van der Waals surface area contributed by atoms with Crippen LogP contribution in [0.25, 0.3) is 11.4 Å². The molecule has 0 spiro atoms. The van der Waals surface area contributed by atoms with Crippen LogP contribution in [0.2, 0.25) is 0 Å². The number of carbonyl (C=O) groups excluding carboxylic acids is 1. The monoisotopic (exact) mass is 269 g/mol. The van der Waals surface area contributed by atoms with Crippen molar-refractivity contribution in [3.8, 4) is 11.4 Å². The molecular weight excluding hydrogens is 254 g/mol. The maximum atomic E-state index is 12.0. The maximum Gasteiger partial charge on any atom is 0.261 e. The van der Waals surface area contributed by atoms with Crippen molar-refractivity contribution in [1.82, 2.24) is 15.3 Å². The summed E-state index contributed by atoms with van der Waals surface area (Å²) in [6, 6.07) is 8.71. The zero-order chi connectivity index (χ0) is 13.9. The second-order valence-corrected chi connectivity index (χ2v) is 4.98. The van der Waals surface area contributed by atoms with Crippen molar-refractivity contribution in [1.29, 1.82) is 0 Å². The van der Waals surface area contributed by atoms with Crippen molar-refractivity contribution in [2.75, 3.05) is 6.54 Å². The van der Waals surface area contributed by atoms with Crippen LogP contribution in [0.5, 0.6) is 0 Å². The van der Waals surface area contributed by atoms with Gasteiger partial charge in [0.15, 0.2) is 0 Å². The van der Waals surface area contributed by atoms with Gasteiger partial charge < -0.3 is 10.3 Å². The molecule has 102 valence electrons. The number of H-pyrrole nitrogens is 1. The summed E-state index contributed by atoms with van der Waals surface area (Å²) in [6.07, 6.45) is 3.98. The van der Waals surface area contributed by atoms with Crippen molar-refractivity contribution in [2.45, 2.75) is 12.8 Å². The lowest BCUT2D eigenvalue weighted by Crippen LogP contribution is -2.31. The minimum absolute atomic E-state index is 0.144. The van der Waals surface area contributed by atoms with Gasteiger partial charge in [-0.2, -0.15) is 0 Å². The number of nitrogens with zero attached hydrogens (tertiary/aromatic N) is 1. The Kier molecular flexibility index (Phi) is 3.33. The largest absolute Gasteiger partial charge is 0.352 e. The molecule has 1 aliphatic carbocycles. The molecular formula is C15H15N3O2. The molecule has 3 rings (SSSR count). The molecule has 20 heavy (non-hydrogen) atoms. The van der Waals surface area contributed by atoms with Crippen molar-refractivity contribution in [3.63, 3.8) is 0 Å². The third-order valence-corrected chi connectivity index (χ3v) is 3.34. The van der Waals surface area contributed by atoms with E-state index in [9.17, 15) is 9.59 Å². The third kappa shape index (κ3) is 2.77. The first-order chi connectivity index (χ1) is 9.74. The first-order valence-corrected chi connectivity index (χ1v) is 6.67. The molecule has 0 unspecified atom stereocenters. The first kappa shape index (κ1) is 12.6. The minimum Gasteiger partial charge on any atom is -0.352 e. The van der Waals surface area contributed by atoms with Crippen LogP contribution in [0.3, 0.4) is 0 Å². The average Bonchev–Trinajstić information content (AvgIpc) is 3.30. The second-order valence-electron chi connectivity index (χ2n) is 4.98. The van der Waals surface area contributed by atoms with E-state index in [0.717, 1.165) is 12.8 Å². The van der Waals surface area contributed by atoms with Gasteiger partial charge in [-0.3, -0.25) is 14.6 Å². The number of nitrogens with one attached hydrogen (secondary N) is 2. The molecule has 0 atom stereocenters. The Hall–Kier alpha value is -2.43. The number of aromatic amines is 1. The Balaban J connectivity index is 1.80. The Morgan fingerprint density at radius 1 is 1.30 bits per heavy atom. The fourth-order valence-electron chi connectivity index (χ4n) is 1.98. The van der Waals surface area contributed by atoms with Crippen LogP contribution in [0.1, 0.15) is 23.2 Å². The van der Waals surface area contributed by atoms with Gasteiger partial charge in [-0.1, -0.05) is 6.07 Å². The van der Waals surface area contributed by atoms with Gasteiger partial charge in [0, 0.05) is 12.7 Å². The van der Waals surface area contributed by atoms with Gasteiger partial charge >= 0.3 is 0 Å². The predicted octanol–water partition coefficient (Wildman–Crippen LogP) is 1.58. The smallest absolute Gasteiger partial charge is 0.261 e. The number of rotatable bonds is 4. The highest BCUT2D eigenvalue weighted by Gasteiger charge is 2.22. The summed E-state index contributed by atoms with van der Waals surface area (Å²) in [4.78, 5) is 30.7. The van der Waals surface area contributed by atoms with Crippen LogP contribution in [0.4, 0.5) is 0 Å². The van der Waals surface area contributed by atoms with Crippen LogP contribution >= 0.6 is 0 Å². The molecule has 2 aromatic rings.